The normalized spacial score (nSPS) is 18.7. The van der Waals surface area contributed by atoms with E-state index in [1.165, 1.54) is 244 Å². The highest BCUT2D eigenvalue weighted by Gasteiger charge is 2.44. The van der Waals surface area contributed by atoms with Crippen molar-refractivity contribution in [3.05, 3.63) is 72.9 Å². The minimum Gasteiger partial charge on any atom is -0.394 e. The molecular formula is C74H135NO8. The Balaban J connectivity index is 2.09. The highest BCUT2D eigenvalue weighted by atomic mass is 16.7. The molecule has 7 unspecified atom stereocenters. The van der Waals surface area contributed by atoms with Crippen LogP contribution in [0.1, 0.15) is 335 Å². The van der Waals surface area contributed by atoms with E-state index in [9.17, 15) is 30.3 Å². The van der Waals surface area contributed by atoms with E-state index in [0.717, 1.165) is 70.6 Å². The van der Waals surface area contributed by atoms with Gasteiger partial charge in [0.05, 0.1) is 25.4 Å². The zero-order chi connectivity index (χ0) is 60.0. The van der Waals surface area contributed by atoms with Crippen LogP contribution in [0.3, 0.4) is 0 Å². The second-order valence-electron chi connectivity index (χ2n) is 24.7. The van der Waals surface area contributed by atoms with Crippen molar-refractivity contribution in [2.45, 2.75) is 378 Å². The summed E-state index contributed by atoms with van der Waals surface area (Å²) < 4.78 is 11.3. The zero-order valence-corrected chi connectivity index (χ0v) is 54.2. The van der Waals surface area contributed by atoms with E-state index in [2.05, 4.69) is 79.9 Å². The number of amides is 1. The number of aliphatic hydroxyl groups excluding tert-OH is 5. The van der Waals surface area contributed by atoms with Crippen LogP contribution < -0.4 is 5.32 Å². The largest absolute Gasteiger partial charge is 0.394 e. The molecule has 0 aromatic heterocycles. The number of carbonyl (C=O) groups is 1. The lowest BCUT2D eigenvalue weighted by molar-refractivity contribution is -0.302. The first-order valence-electron chi connectivity index (χ1n) is 35.7. The van der Waals surface area contributed by atoms with E-state index >= 15 is 0 Å². The molecule has 6 N–H and O–H groups in total. The molecule has 83 heavy (non-hydrogen) atoms. The lowest BCUT2D eigenvalue weighted by atomic mass is 9.99. The van der Waals surface area contributed by atoms with Crippen LogP contribution in [0.15, 0.2) is 72.9 Å². The van der Waals surface area contributed by atoms with E-state index in [1.54, 1.807) is 6.08 Å². The van der Waals surface area contributed by atoms with Crippen LogP contribution in [0.4, 0.5) is 0 Å². The van der Waals surface area contributed by atoms with Gasteiger partial charge in [-0.05, 0) is 64.2 Å². The smallest absolute Gasteiger partial charge is 0.220 e. The van der Waals surface area contributed by atoms with Crippen LogP contribution in [-0.2, 0) is 14.3 Å². The average molecular weight is 1170 g/mol. The Bertz CT molecular complexity index is 1540. The third kappa shape index (κ3) is 51.4. The number of allylic oxidation sites excluding steroid dienone is 11. The van der Waals surface area contributed by atoms with Gasteiger partial charge in [-0.15, -0.1) is 0 Å². The van der Waals surface area contributed by atoms with Crippen LogP contribution in [0.5, 0.6) is 0 Å². The molecule has 0 saturated carbocycles. The van der Waals surface area contributed by atoms with Gasteiger partial charge in [0, 0.05) is 6.42 Å². The van der Waals surface area contributed by atoms with Gasteiger partial charge in [-0.3, -0.25) is 4.79 Å². The Labute approximate surface area is 512 Å². The summed E-state index contributed by atoms with van der Waals surface area (Å²) in [4.78, 5) is 13.1. The van der Waals surface area contributed by atoms with E-state index < -0.39 is 49.5 Å². The highest BCUT2D eigenvalue weighted by molar-refractivity contribution is 5.76. The first-order valence-corrected chi connectivity index (χ1v) is 35.7. The Morgan fingerprint density at radius 3 is 1.11 bits per heavy atom. The van der Waals surface area contributed by atoms with Crippen molar-refractivity contribution in [3.8, 4) is 0 Å². The molecule has 1 rings (SSSR count). The predicted octanol–water partition coefficient (Wildman–Crippen LogP) is 19.5. The Kier molecular flexibility index (Phi) is 59.4. The second-order valence-corrected chi connectivity index (χ2v) is 24.7. The van der Waals surface area contributed by atoms with Crippen molar-refractivity contribution < 1.29 is 39.8 Å². The number of ether oxygens (including phenoxy) is 2. The van der Waals surface area contributed by atoms with Crippen molar-refractivity contribution >= 4 is 5.91 Å². The molecule has 0 spiro atoms. The number of hydrogen-bond donors (Lipinski definition) is 6. The van der Waals surface area contributed by atoms with Gasteiger partial charge in [-0.25, -0.2) is 0 Å². The van der Waals surface area contributed by atoms with Gasteiger partial charge in [-0.1, -0.05) is 337 Å². The van der Waals surface area contributed by atoms with Gasteiger partial charge in [0.1, 0.15) is 24.4 Å². The summed E-state index contributed by atoms with van der Waals surface area (Å²) in [5.41, 5.74) is 0. The third-order valence-electron chi connectivity index (χ3n) is 16.8. The maximum atomic E-state index is 13.1. The molecule has 1 aliphatic heterocycles. The summed E-state index contributed by atoms with van der Waals surface area (Å²) in [6.45, 7) is 3.71. The van der Waals surface area contributed by atoms with E-state index in [0.29, 0.717) is 6.42 Å². The molecule has 1 heterocycles. The number of unbranched alkanes of at least 4 members (excludes halogenated alkanes) is 42. The van der Waals surface area contributed by atoms with Gasteiger partial charge >= 0.3 is 0 Å². The minimum absolute atomic E-state index is 0.172. The third-order valence-corrected chi connectivity index (χ3v) is 16.8. The highest BCUT2D eigenvalue weighted by Crippen LogP contribution is 2.23. The van der Waals surface area contributed by atoms with Gasteiger partial charge in [0.25, 0.3) is 0 Å². The summed E-state index contributed by atoms with van der Waals surface area (Å²) >= 11 is 0. The van der Waals surface area contributed by atoms with Crippen LogP contribution in [-0.4, -0.2) is 87.5 Å². The molecule has 9 nitrogen and oxygen atoms in total. The van der Waals surface area contributed by atoms with Gasteiger partial charge in [0.15, 0.2) is 6.29 Å². The molecule has 0 aliphatic carbocycles. The number of carbonyl (C=O) groups excluding carboxylic acids is 1. The van der Waals surface area contributed by atoms with E-state index in [4.69, 9.17) is 9.47 Å². The molecule has 1 amide bonds. The summed E-state index contributed by atoms with van der Waals surface area (Å²) in [6, 6.07) is -0.807. The second kappa shape index (κ2) is 62.7. The SMILES string of the molecule is CC/C=C\C/C=C\C/C=C\C/C=C\C/C=C\CCCCCCCCCCCCCCCCCCCCCCCC(=O)NC(COC1OC(CO)C(O)C(O)C1O)C(O)/C=C/CCCCCCCCCCCCCCCCCCCCCCC. The first-order chi connectivity index (χ1) is 40.8. The molecule has 0 aromatic carbocycles. The Morgan fingerprint density at radius 1 is 0.422 bits per heavy atom. The average Bonchev–Trinajstić information content (AvgIpc) is 3.60. The van der Waals surface area contributed by atoms with Crippen molar-refractivity contribution in [1.29, 1.82) is 0 Å². The molecule has 0 radical (unpaired) electrons. The summed E-state index contributed by atoms with van der Waals surface area (Å²) in [5.74, 6) is -0.172. The number of hydrogen-bond acceptors (Lipinski definition) is 8. The van der Waals surface area contributed by atoms with Crippen molar-refractivity contribution in [1.82, 2.24) is 5.32 Å². The molecule has 0 bridgehead atoms. The summed E-state index contributed by atoms with van der Waals surface area (Å²) in [5, 5.41) is 54.8. The van der Waals surface area contributed by atoms with E-state index in [-0.39, 0.29) is 12.5 Å². The molecule has 484 valence electrons. The van der Waals surface area contributed by atoms with Crippen LogP contribution in [0, 0.1) is 0 Å². The predicted molar refractivity (Wildman–Crippen MR) is 355 cm³/mol. The molecular weight excluding hydrogens is 1030 g/mol. The standard InChI is InChI=1S/C74H135NO8/c1-3-5-7-9-11-13-15-17-19-21-23-25-27-28-29-30-31-32-33-34-35-36-37-38-39-40-42-44-46-48-50-52-54-56-58-60-62-64-70(78)75-67(66-82-74-73(81)72(80)71(79)69(65-76)83-74)68(77)63-61-59-57-55-53-51-49-47-45-43-41-26-24-22-20-18-16-14-12-10-8-6-4-2/h5,7,11,13,17,19,23,25,28-29,61,63,67-69,71-74,76-77,79-81H,3-4,6,8-10,12,14-16,18,20-22,24,26-27,30-60,62,64-66H2,1-2H3,(H,75,78)/b7-5-,13-11-,19-17-,25-23-,29-28-,63-61+. The first kappa shape index (κ1) is 78.6. The Hall–Kier alpha value is -2.37. The maximum absolute atomic E-state index is 13.1. The number of rotatable bonds is 62. The molecule has 1 fully saturated rings. The van der Waals surface area contributed by atoms with Gasteiger partial charge in [0.2, 0.25) is 5.91 Å². The van der Waals surface area contributed by atoms with Crippen LogP contribution in [0.25, 0.3) is 0 Å². The van der Waals surface area contributed by atoms with Crippen LogP contribution >= 0.6 is 0 Å². The van der Waals surface area contributed by atoms with Crippen molar-refractivity contribution in [2.75, 3.05) is 13.2 Å². The Morgan fingerprint density at radius 2 is 0.747 bits per heavy atom. The maximum Gasteiger partial charge on any atom is 0.220 e. The summed E-state index contributed by atoms with van der Waals surface area (Å²) in [6.07, 6.45) is 81.5. The lowest BCUT2D eigenvalue weighted by Gasteiger charge is -2.40. The fourth-order valence-electron chi connectivity index (χ4n) is 11.2. The molecule has 0 aromatic rings. The monoisotopic (exact) mass is 1170 g/mol. The van der Waals surface area contributed by atoms with Gasteiger partial charge in [-0.2, -0.15) is 0 Å². The quantitative estimate of drug-likeness (QED) is 0.0261. The number of nitrogens with one attached hydrogen (secondary N) is 1. The topological polar surface area (TPSA) is 149 Å². The van der Waals surface area contributed by atoms with Crippen molar-refractivity contribution in [2.24, 2.45) is 0 Å². The number of aliphatic hydroxyl groups is 5. The molecule has 1 saturated heterocycles. The molecule has 7 atom stereocenters. The summed E-state index contributed by atoms with van der Waals surface area (Å²) in [7, 11) is 0. The van der Waals surface area contributed by atoms with Gasteiger partial charge < -0.3 is 40.3 Å². The van der Waals surface area contributed by atoms with E-state index in [1.807, 2.05) is 6.08 Å². The molecule has 9 heteroatoms. The lowest BCUT2D eigenvalue weighted by Crippen LogP contribution is -2.60. The molecule has 1 aliphatic rings. The minimum atomic E-state index is -1.57. The fraction of sp³-hybridized carbons (Fsp3) is 0.824. The van der Waals surface area contributed by atoms with Crippen molar-refractivity contribution in [3.63, 3.8) is 0 Å². The fourth-order valence-corrected chi connectivity index (χ4v) is 11.2. The van der Waals surface area contributed by atoms with Crippen LogP contribution in [0.2, 0.25) is 0 Å². The zero-order valence-electron chi connectivity index (χ0n) is 54.2.